The second kappa shape index (κ2) is 6.52. The zero-order chi connectivity index (χ0) is 12.8. The Kier molecular flexibility index (Phi) is 6.44. The molecule has 0 bridgehead atoms. The monoisotopic (exact) mass is 247 g/mol. The van der Waals surface area contributed by atoms with Crippen LogP contribution in [0, 0.1) is 5.41 Å². The van der Waals surface area contributed by atoms with Gasteiger partial charge < -0.3 is 15.0 Å². The van der Waals surface area contributed by atoms with Gasteiger partial charge in [-0.2, -0.15) is 0 Å². The van der Waals surface area contributed by atoms with Gasteiger partial charge >= 0.3 is 0 Å². The van der Waals surface area contributed by atoms with E-state index in [1.54, 1.807) is 6.92 Å². The molecule has 0 aromatic heterocycles. The Hall–Kier alpha value is -0.190. The zero-order valence-electron chi connectivity index (χ0n) is 10.9. The van der Waals surface area contributed by atoms with Crippen molar-refractivity contribution in [2.75, 3.05) is 5.75 Å². The Balaban J connectivity index is 4.29. The van der Waals surface area contributed by atoms with E-state index in [9.17, 15) is 5.11 Å². The van der Waals surface area contributed by atoms with E-state index in [4.69, 9.17) is 9.92 Å². The number of nitrogens with two attached hydrogens (primary N) is 1. The van der Waals surface area contributed by atoms with Crippen LogP contribution in [0.1, 0.15) is 47.0 Å². The molecular formula is C12H25NO2S. The van der Waals surface area contributed by atoms with E-state index >= 15 is 0 Å². The van der Waals surface area contributed by atoms with Gasteiger partial charge in [0.15, 0.2) is 0 Å². The van der Waals surface area contributed by atoms with Crippen molar-refractivity contribution in [3.05, 3.63) is 12.3 Å². The minimum atomic E-state index is -1.14. The van der Waals surface area contributed by atoms with Gasteiger partial charge in [-0.15, -0.1) is 0 Å². The highest BCUT2D eigenvalue weighted by Gasteiger charge is 2.41. The van der Waals surface area contributed by atoms with Crippen molar-refractivity contribution in [2.45, 2.75) is 52.7 Å². The van der Waals surface area contributed by atoms with Crippen LogP contribution in [0.5, 0.6) is 0 Å². The Morgan fingerprint density at radius 1 is 1.44 bits per heavy atom. The van der Waals surface area contributed by atoms with Crippen LogP contribution in [0.15, 0.2) is 12.3 Å². The molecule has 0 aliphatic heterocycles. The SMILES string of the molecule is C=C(C)OSCCC(CC)(CC)[C@](C)(N)O. The molecule has 0 spiro atoms. The number of hydrogen-bond acceptors (Lipinski definition) is 4. The molecule has 0 saturated heterocycles. The van der Waals surface area contributed by atoms with Gasteiger partial charge in [0.25, 0.3) is 0 Å². The molecule has 3 nitrogen and oxygen atoms in total. The molecule has 0 aliphatic carbocycles. The summed E-state index contributed by atoms with van der Waals surface area (Å²) in [6.07, 6.45) is 2.56. The lowest BCUT2D eigenvalue weighted by Gasteiger charge is -2.42. The Morgan fingerprint density at radius 3 is 2.25 bits per heavy atom. The third-order valence-corrected chi connectivity index (χ3v) is 4.07. The van der Waals surface area contributed by atoms with Crippen LogP contribution in [0.4, 0.5) is 0 Å². The maximum atomic E-state index is 10.0. The molecule has 0 amide bonds. The van der Waals surface area contributed by atoms with Crippen molar-refractivity contribution in [3.63, 3.8) is 0 Å². The highest BCUT2D eigenvalue weighted by molar-refractivity contribution is 7.94. The number of allylic oxidation sites excluding steroid dienone is 1. The first kappa shape index (κ1) is 15.8. The number of rotatable bonds is 8. The first-order valence-electron chi connectivity index (χ1n) is 5.75. The van der Waals surface area contributed by atoms with Crippen LogP contribution in [0.2, 0.25) is 0 Å². The average molecular weight is 247 g/mol. The molecule has 0 aromatic carbocycles. The van der Waals surface area contributed by atoms with E-state index in [0.717, 1.165) is 25.0 Å². The molecule has 0 heterocycles. The number of hydrogen-bond donors (Lipinski definition) is 2. The topological polar surface area (TPSA) is 55.5 Å². The van der Waals surface area contributed by atoms with Gasteiger partial charge in [-0.1, -0.05) is 20.4 Å². The second-order valence-electron chi connectivity index (χ2n) is 4.49. The van der Waals surface area contributed by atoms with Crippen LogP contribution in [0.3, 0.4) is 0 Å². The van der Waals surface area contributed by atoms with Crippen LogP contribution in [-0.2, 0) is 4.18 Å². The molecule has 16 heavy (non-hydrogen) atoms. The fraction of sp³-hybridized carbons (Fsp3) is 0.833. The molecule has 3 N–H and O–H groups in total. The van der Waals surface area contributed by atoms with Crippen LogP contribution < -0.4 is 5.73 Å². The van der Waals surface area contributed by atoms with E-state index in [-0.39, 0.29) is 5.41 Å². The minimum absolute atomic E-state index is 0.238. The normalized spacial score (nSPS) is 15.6. The van der Waals surface area contributed by atoms with E-state index in [2.05, 4.69) is 20.4 Å². The largest absolute Gasteiger partial charge is 0.431 e. The standard InChI is InChI=1S/C12H25NO2S/c1-6-12(7-2,11(5,13)14)8-9-16-15-10(3)4/h14H,3,6-9,13H2,1-2,4-5H3/t11-/m1/s1. The molecule has 0 radical (unpaired) electrons. The molecule has 1 atom stereocenters. The van der Waals surface area contributed by atoms with Gasteiger partial charge in [-0.05, 0) is 33.1 Å². The Morgan fingerprint density at radius 2 is 1.94 bits per heavy atom. The fourth-order valence-corrected chi connectivity index (χ4v) is 2.71. The summed E-state index contributed by atoms with van der Waals surface area (Å²) in [6, 6.07) is 0. The van der Waals surface area contributed by atoms with Crippen molar-refractivity contribution in [1.29, 1.82) is 0 Å². The molecule has 0 saturated carbocycles. The lowest BCUT2D eigenvalue weighted by Crippen LogP contribution is -2.53. The summed E-state index contributed by atoms with van der Waals surface area (Å²) in [6.45, 7) is 11.3. The van der Waals surface area contributed by atoms with Gasteiger partial charge in [0.05, 0.1) is 12.0 Å². The van der Waals surface area contributed by atoms with Crippen molar-refractivity contribution >= 4 is 12.0 Å². The van der Waals surface area contributed by atoms with Crippen LogP contribution >= 0.6 is 12.0 Å². The Labute approximate surface area is 104 Å². The first-order valence-corrected chi connectivity index (χ1v) is 6.66. The average Bonchev–Trinajstić information content (AvgIpc) is 2.16. The summed E-state index contributed by atoms with van der Waals surface area (Å²) in [5.41, 5.74) is 4.49. The van der Waals surface area contributed by atoms with Crippen LogP contribution in [-0.4, -0.2) is 16.6 Å². The third-order valence-electron chi connectivity index (χ3n) is 3.29. The fourth-order valence-electron chi connectivity index (χ4n) is 1.95. The molecule has 0 aliphatic rings. The van der Waals surface area contributed by atoms with Crippen molar-refractivity contribution < 1.29 is 9.29 Å². The zero-order valence-corrected chi connectivity index (χ0v) is 11.7. The lowest BCUT2D eigenvalue weighted by atomic mass is 9.72. The van der Waals surface area contributed by atoms with E-state index in [1.807, 2.05) is 6.92 Å². The smallest absolute Gasteiger partial charge is 0.116 e. The molecular weight excluding hydrogens is 222 g/mol. The summed E-state index contributed by atoms with van der Waals surface area (Å²) >= 11 is 1.37. The molecule has 4 heteroatoms. The quantitative estimate of drug-likeness (QED) is 0.299. The number of aliphatic hydroxyl groups is 1. The van der Waals surface area contributed by atoms with E-state index in [0.29, 0.717) is 5.76 Å². The lowest BCUT2D eigenvalue weighted by molar-refractivity contribution is -0.0733. The highest BCUT2D eigenvalue weighted by Crippen LogP contribution is 2.39. The predicted molar refractivity (Wildman–Crippen MR) is 70.8 cm³/mol. The summed E-state index contributed by atoms with van der Waals surface area (Å²) in [5.74, 6) is 1.50. The van der Waals surface area contributed by atoms with E-state index < -0.39 is 5.72 Å². The molecule has 96 valence electrons. The van der Waals surface area contributed by atoms with Gasteiger partial charge in [-0.25, -0.2) is 0 Å². The minimum Gasteiger partial charge on any atom is -0.431 e. The summed E-state index contributed by atoms with van der Waals surface area (Å²) in [5, 5.41) is 10.0. The van der Waals surface area contributed by atoms with Crippen molar-refractivity contribution in [3.8, 4) is 0 Å². The van der Waals surface area contributed by atoms with Gasteiger partial charge in [0.2, 0.25) is 0 Å². The molecule has 0 rings (SSSR count). The first-order chi connectivity index (χ1) is 7.29. The Bertz CT molecular complexity index is 220. The highest BCUT2D eigenvalue weighted by atomic mass is 32.2. The van der Waals surface area contributed by atoms with Crippen molar-refractivity contribution in [1.82, 2.24) is 0 Å². The van der Waals surface area contributed by atoms with Gasteiger partial charge in [0.1, 0.15) is 11.5 Å². The van der Waals surface area contributed by atoms with Crippen LogP contribution in [0.25, 0.3) is 0 Å². The molecule has 0 fully saturated rings. The summed E-state index contributed by atoms with van der Waals surface area (Å²) < 4.78 is 5.24. The second-order valence-corrected chi connectivity index (χ2v) is 5.30. The predicted octanol–water partition coefficient (Wildman–Crippen LogP) is 3.05. The van der Waals surface area contributed by atoms with E-state index in [1.165, 1.54) is 12.0 Å². The molecule has 0 aromatic rings. The maximum Gasteiger partial charge on any atom is 0.116 e. The molecule has 0 unspecified atom stereocenters. The van der Waals surface area contributed by atoms with Gasteiger partial charge in [-0.3, -0.25) is 0 Å². The van der Waals surface area contributed by atoms with Crippen molar-refractivity contribution in [2.24, 2.45) is 11.1 Å². The maximum absolute atomic E-state index is 10.0. The van der Waals surface area contributed by atoms with Gasteiger partial charge in [0, 0.05) is 11.2 Å². The third kappa shape index (κ3) is 4.36. The summed E-state index contributed by atoms with van der Waals surface area (Å²) in [7, 11) is 0. The summed E-state index contributed by atoms with van der Waals surface area (Å²) in [4.78, 5) is 0.